The van der Waals surface area contributed by atoms with Gasteiger partial charge in [0.15, 0.2) is 11.5 Å². The van der Waals surface area contributed by atoms with E-state index in [0.717, 1.165) is 22.0 Å². The summed E-state index contributed by atoms with van der Waals surface area (Å²) in [5.41, 5.74) is 0.967. The molecule has 0 aliphatic carbocycles. The number of ether oxygens (including phenoxy) is 2. The zero-order valence-corrected chi connectivity index (χ0v) is 18.7. The third kappa shape index (κ3) is 5.09. The molecule has 0 radical (unpaired) electrons. The molecular weight excluding hydrogens is 447 g/mol. The van der Waals surface area contributed by atoms with E-state index in [-0.39, 0.29) is 10.6 Å². The van der Waals surface area contributed by atoms with Crippen LogP contribution >= 0.6 is 0 Å². The van der Waals surface area contributed by atoms with Gasteiger partial charge in [-0.05, 0) is 61.0 Å². The number of carbonyl (C=O) groups excluding carboxylic acids is 1. The molecule has 1 amide bonds. The minimum absolute atomic E-state index is 0.0296. The van der Waals surface area contributed by atoms with Crippen molar-refractivity contribution in [3.63, 3.8) is 0 Å². The van der Waals surface area contributed by atoms with Crippen molar-refractivity contribution in [3.8, 4) is 11.5 Å². The number of halogens is 1. The molecule has 1 aliphatic heterocycles. The lowest BCUT2D eigenvalue weighted by atomic mass is 10.1. The summed E-state index contributed by atoms with van der Waals surface area (Å²) in [5, 5.41) is 2.82. The first kappa shape index (κ1) is 22.6. The van der Waals surface area contributed by atoms with E-state index < -0.39 is 34.3 Å². The molecule has 0 aromatic heterocycles. The molecule has 0 saturated heterocycles. The summed E-state index contributed by atoms with van der Waals surface area (Å²) >= 11 is 0. The minimum Gasteiger partial charge on any atom is -0.486 e. The first-order valence-corrected chi connectivity index (χ1v) is 11.8. The molecule has 9 heteroatoms. The van der Waals surface area contributed by atoms with Crippen LogP contribution in [0.25, 0.3) is 0 Å². The van der Waals surface area contributed by atoms with Crippen molar-refractivity contribution in [1.82, 2.24) is 5.32 Å². The van der Waals surface area contributed by atoms with Crippen LogP contribution in [-0.4, -0.2) is 34.1 Å². The van der Waals surface area contributed by atoms with Crippen LogP contribution < -0.4 is 19.1 Å². The van der Waals surface area contributed by atoms with E-state index in [1.807, 2.05) is 6.07 Å². The molecule has 1 atom stereocenters. The Bertz CT molecular complexity index is 1230. The highest BCUT2D eigenvalue weighted by Crippen LogP contribution is 2.32. The van der Waals surface area contributed by atoms with Crippen LogP contribution in [0, 0.1) is 5.82 Å². The summed E-state index contributed by atoms with van der Waals surface area (Å²) in [6.07, 6.45) is 0. The van der Waals surface area contributed by atoms with Crippen LogP contribution in [0.4, 0.5) is 10.1 Å². The minimum atomic E-state index is -4.06. The van der Waals surface area contributed by atoms with E-state index in [9.17, 15) is 17.6 Å². The van der Waals surface area contributed by atoms with Gasteiger partial charge in [-0.1, -0.05) is 24.3 Å². The van der Waals surface area contributed by atoms with E-state index in [2.05, 4.69) is 5.32 Å². The molecule has 33 heavy (non-hydrogen) atoms. The Morgan fingerprint density at radius 1 is 1.00 bits per heavy atom. The van der Waals surface area contributed by atoms with Crippen molar-refractivity contribution in [2.24, 2.45) is 0 Å². The second-order valence-electron chi connectivity index (χ2n) is 7.49. The topological polar surface area (TPSA) is 84.9 Å². The van der Waals surface area contributed by atoms with Gasteiger partial charge in [-0.3, -0.25) is 9.10 Å². The van der Waals surface area contributed by atoms with Gasteiger partial charge in [0.1, 0.15) is 25.6 Å². The lowest BCUT2D eigenvalue weighted by Gasteiger charge is -2.25. The monoisotopic (exact) mass is 470 g/mol. The third-order valence-electron chi connectivity index (χ3n) is 5.18. The molecule has 3 aromatic rings. The van der Waals surface area contributed by atoms with Gasteiger partial charge in [0.25, 0.3) is 10.0 Å². The molecule has 0 saturated carbocycles. The fourth-order valence-corrected chi connectivity index (χ4v) is 4.91. The van der Waals surface area contributed by atoms with Crippen LogP contribution in [0.1, 0.15) is 18.5 Å². The average Bonchev–Trinajstić information content (AvgIpc) is 2.83. The van der Waals surface area contributed by atoms with Gasteiger partial charge in [0.05, 0.1) is 16.6 Å². The van der Waals surface area contributed by atoms with Gasteiger partial charge < -0.3 is 14.8 Å². The van der Waals surface area contributed by atoms with Gasteiger partial charge in [-0.25, -0.2) is 12.8 Å². The predicted molar refractivity (Wildman–Crippen MR) is 121 cm³/mol. The zero-order valence-electron chi connectivity index (χ0n) is 17.9. The van der Waals surface area contributed by atoms with Crippen molar-refractivity contribution < 1.29 is 27.1 Å². The Labute approximate surface area is 191 Å². The number of nitrogens with zero attached hydrogens (tertiary/aromatic N) is 1. The number of nitrogens with one attached hydrogen (secondary N) is 1. The summed E-state index contributed by atoms with van der Waals surface area (Å²) in [6.45, 7) is 2.24. The molecule has 7 nitrogen and oxygen atoms in total. The number of amides is 1. The molecule has 4 rings (SSSR count). The summed E-state index contributed by atoms with van der Waals surface area (Å²) in [5.74, 6) is 0.216. The normalized spacial score (nSPS) is 13.8. The average molecular weight is 471 g/mol. The van der Waals surface area contributed by atoms with Gasteiger partial charge >= 0.3 is 0 Å². The molecular formula is C24H23FN2O5S. The highest BCUT2D eigenvalue weighted by molar-refractivity contribution is 7.92. The van der Waals surface area contributed by atoms with Crippen molar-refractivity contribution >= 4 is 21.6 Å². The lowest BCUT2D eigenvalue weighted by molar-refractivity contribution is -0.120. The van der Waals surface area contributed by atoms with E-state index >= 15 is 0 Å². The summed E-state index contributed by atoms with van der Waals surface area (Å²) in [4.78, 5) is 12.9. The number of hydrogen-bond acceptors (Lipinski definition) is 5. The highest BCUT2D eigenvalue weighted by atomic mass is 32.2. The standard InChI is InChI=1S/C24H23FN2O5S/c1-17(18-7-12-22-23(15-18)32-14-13-31-22)26-24(28)16-27(20-10-8-19(25)9-11-20)33(29,30)21-5-3-2-4-6-21/h2-12,15,17H,13-14,16H2,1H3,(H,26,28). The number of rotatable bonds is 7. The predicted octanol–water partition coefficient (Wildman–Crippen LogP) is 3.67. The molecule has 0 spiro atoms. The molecule has 0 bridgehead atoms. The largest absolute Gasteiger partial charge is 0.486 e. The molecule has 1 N–H and O–H groups in total. The van der Waals surface area contributed by atoms with E-state index in [4.69, 9.17) is 9.47 Å². The summed E-state index contributed by atoms with van der Waals surface area (Å²) in [7, 11) is -4.06. The third-order valence-corrected chi connectivity index (χ3v) is 6.96. The molecule has 0 fully saturated rings. The van der Waals surface area contributed by atoms with Gasteiger partial charge in [-0.2, -0.15) is 0 Å². The maximum atomic E-state index is 13.4. The number of fused-ring (bicyclic) bond motifs is 1. The molecule has 1 unspecified atom stereocenters. The second kappa shape index (κ2) is 9.50. The Morgan fingerprint density at radius 2 is 1.67 bits per heavy atom. The summed E-state index contributed by atoms with van der Waals surface area (Å²) < 4.78 is 52.1. The Kier molecular flexibility index (Phi) is 6.50. The maximum Gasteiger partial charge on any atom is 0.264 e. The number of hydrogen-bond donors (Lipinski definition) is 1. The van der Waals surface area contributed by atoms with Gasteiger partial charge in [0.2, 0.25) is 5.91 Å². The SMILES string of the molecule is CC(NC(=O)CN(c1ccc(F)cc1)S(=O)(=O)c1ccccc1)c1ccc2c(c1)OCCO2. The smallest absolute Gasteiger partial charge is 0.264 e. The van der Waals surface area contributed by atoms with Crippen molar-refractivity contribution in [3.05, 3.63) is 84.2 Å². The van der Waals surface area contributed by atoms with Gasteiger partial charge in [0, 0.05) is 0 Å². The van der Waals surface area contributed by atoms with E-state index in [1.165, 1.54) is 24.3 Å². The Morgan fingerprint density at radius 3 is 2.36 bits per heavy atom. The Balaban J connectivity index is 1.56. The first-order valence-electron chi connectivity index (χ1n) is 10.4. The van der Waals surface area contributed by atoms with Crippen molar-refractivity contribution in [2.45, 2.75) is 17.9 Å². The van der Waals surface area contributed by atoms with Crippen molar-refractivity contribution in [1.29, 1.82) is 0 Å². The fourth-order valence-electron chi connectivity index (χ4n) is 3.47. The number of benzene rings is 3. The van der Waals surface area contributed by atoms with E-state index in [1.54, 1.807) is 37.3 Å². The van der Waals surface area contributed by atoms with E-state index in [0.29, 0.717) is 24.7 Å². The fraction of sp³-hybridized carbons (Fsp3) is 0.208. The lowest BCUT2D eigenvalue weighted by Crippen LogP contribution is -2.41. The van der Waals surface area contributed by atoms with Gasteiger partial charge in [-0.15, -0.1) is 0 Å². The number of anilines is 1. The molecule has 1 heterocycles. The van der Waals surface area contributed by atoms with Crippen molar-refractivity contribution in [2.75, 3.05) is 24.1 Å². The second-order valence-corrected chi connectivity index (χ2v) is 9.36. The van der Waals surface area contributed by atoms with Crippen LogP contribution in [0.15, 0.2) is 77.7 Å². The first-order chi connectivity index (χ1) is 15.8. The van der Waals surface area contributed by atoms with Crippen LogP contribution in [0.3, 0.4) is 0 Å². The quantitative estimate of drug-likeness (QED) is 0.570. The number of carbonyl (C=O) groups is 1. The van der Waals surface area contributed by atoms with Crippen LogP contribution in [0.2, 0.25) is 0 Å². The maximum absolute atomic E-state index is 13.4. The highest BCUT2D eigenvalue weighted by Gasteiger charge is 2.28. The van der Waals surface area contributed by atoms with Crippen LogP contribution in [-0.2, 0) is 14.8 Å². The zero-order chi connectivity index (χ0) is 23.4. The number of sulfonamides is 1. The molecule has 1 aliphatic rings. The molecule has 172 valence electrons. The molecule has 3 aromatic carbocycles. The Hall–Kier alpha value is -3.59. The summed E-state index contributed by atoms with van der Waals surface area (Å²) in [6, 6.07) is 17.7. The van der Waals surface area contributed by atoms with Crippen LogP contribution in [0.5, 0.6) is 11.5 Å².